The highest BCUT2D eigenvalue weighted by atomic mass is 16.2. The minimum Gasteiger partial charge on any atom is -0.368 e. The second kappa shape index (κ2) is 4.37. The molecule has 1 unspecified atom stereocenters. The van der Waals surface area contributed by atoms with E-state index in [0.717, 1.165) is 4.90 Å². The van der Waals surface area contributed by atoms with Gasteiger partial charge in [0.25, 0.3) is 0 Å². The molecule has 5 heteroatoms. The molecule has 2 rings (SSSR count). The standard InChI is InChI=1S/C12H12N2O3/c13-12(17)11(8-4-2-1-3-5-8)14-9(15)6-7-10(14)16/h1-5,11H,6-7H2,(H2,13,17). The van der Waals surface area contributed by atoms with Gasteiger partial charge in [-0.05, 0) is 5.56 Å². The Labute approximate surface area is 98.2 Å². The molecule has 88 valence electrons. The van der Waals surface area contributed by atoms with Crippen molar-refractivity contribution >= 4 is 17.7 Å². The third-order valence-corrected chi connectivity index (χ3v) is 2.73. The molecule has 2 N–H and O–H groups in total. The Morgan fingerprint density at radius 3 is 2.12 bits per heavy atom. The fraction of sp³-hybridized carbons (Fsp3) is 0.250. The van der Waals surface area contributed by atoms with Crippen LogP contribution < -0.4 is 5.73 Å². The summed E-state index contributed by atoms with van der Waals surface area (Å²) >= 11 is 0. The van der Waals surface area contributed by atoms with Crippen molar-refractivity contribution in [2.45, 2.75) is 18.9 Å². The largest absolute Gasteiger partial charge is 0.368 e. The van der Waals surface area contributed by atoms with E-state index >= 15 is 0 Å². The van der Waals surface area contributed by atoms with Gasteiger partial charge in [-0.25, -0.2) is 0 Å². The van der Waals surface area contributed by atoms with E-state index in [4.69, 9.17) is 5.73 Å². The Kier molecular flexibility index (Phi) is 2.91. The van der Waals surface area contributed by atoms with Gasteiger partial charge in [0.1, 0.15) is 6.04 Å². The van der Waals surface area contributed by atoms with Crippen LogP contribution in [0.25, 0.3) is 0 Å². The summed E-state index contributed by atoms with van der Waals surface area (Å²) in [4.78, 5) is 35.6. The molecule has 1 aliphatic heterocycles. The van der Waals surface area contributed by atoms with Crippen LogP contribution in [0.5, 0.6) is 0 Å². The highest BCUT2D eigenvalue weighted by Gasteiger charge is 2.38. The third-order valence-electron chi connectivity index (χ3n) is 2.73. The number of imide groups is 1. The Morgan fingerprint density at radius 2 is 1.65 bits per heavy atom. The fourth-order valence-corrected chi connectivity index (χ4v) is 1.96. The number of carbonyl (C=O) groups is 3. The smallest absolute Gasteiger partial charge is 0.245 e. The average Bonchev–Trinajstić information content (AvgIpc) is 2.62. The maximum atomic E-state index is 11.6. The summed E-state index contributed by atoms with van der Waals surface area (Å²) < 4.78 is 0. The lowest BCUT2D eigenvalue weighted by Crippen LogP contribution is -2.40. The van der Waals surface area contributed by atoms with Gasteiger partial charge in [0.15, 0.2) is 0 Å². The lowest BCUT2D eigenvalue weighted by atomic mass is 10.1. The van der Waals surface area contributed by atoms with Crippen molar-refractivity contribution in [1.82, 2.24) is 4.90 Å². The van der Waals surface area contributed by atoms with E-state index in [1.165, 1.54) is 0 Å². The molecule has 1 atom stereocenters. The number of carbonyl (C=O) groups excluding carboxylic acids is 3. The van der Waals surface area contributed by atoms with Crippen LogP contribution in [0.4, 0.5) is 0 Å². The van der Waals surface area contributed by atoms with Crippen molar-refractivity contribution in [2.24, 2.45) is 5.73 Å². The summed E-state index contributed by atoms with van der Waals surface area (Å²) in [7, 11) is 0. The highest BCUT2D eigenvalue weighted by molar-refractivity contribution is 6.05. The molecule has 17 heavy (non-hydrogen) atoms. The highest BCUT2D eigenvalue weighted by Crippen LogP contribution is 2.26. The van der Waals surface area contributed by atoms with E-state index in [0.29, 0.717) is 5.56 Å². The SMILES string of the molecule is NC(=O)C(c1ccccc1)N1C(=O)CCC1=O. The maximum Gasteiger partial charge on any atom is 0.245 e. The minimum absolute atomic E-state index is 0.148. The minimum atomic E-state index is -0.987. The van der Waals surface area contributed by atoms with Crippen molar-refractivity contribution < 1.29 is 14.4 Å². The van der Waals surface area contributed by atoms with E-state index in [2.05, 4.69) is 0 Å². The van der Waals surface area contributed by atoms with Gasteiger partial charge in [-0.1, -0.05) is 30.3 Å². The molecule has 1 fully saturated rings. The summed E-state index contributed by atoms with van der Waals surface area (Å²) in [6.45, 7) is 0. The summed E-state index contributed by atoms with van der Waals surface area (Å²) in [5, 5.41) is 0. The average molecular weight is 232 g/mol. The van der Waals surface area contributed by atoms with E-state index in [1.54, 1.807) is 30.3 Å². The van der Waals surface area contributed by atoms with Crippen molar-refractivity contribution in [3.63, 3.8) is 0 Å². The van der Waals surface area contributed by atoms with Crippen LogP contribution in [-0.2, 0) is 14.4 Å². The van der Waals surface area contributed by atoms with Crippen LogP contribution in [0.2, 0.25) is 0 Å². The van der Waals surface area contributed by atoms with Gasteiger partial charge in [0.05, 0.1) is 0 Å². The van der Waals surface area contributed by atoms with Gasteiger partial charge in [0, 0.05) is 12.8 Å². The zero-order chi connectivity index (χ0) is 12.4. The molecule has 1 aromatic carbocycles. The molecule has 0 saturated carbocycles. The summed E-state index contributed by atoms with van der Waals surface area (Å²) in [6.07, 6.45) is 0.297. The number of likely N-dealkylation sites (tertiary alicyclic amines) is 1. The van der Waals surface area contributed by atoms with Crippen LogP contribution in [-0.4, -0.2) is 22.6 Å². The molecule has 5 nitrogen and oxygen atoms in total. The van der Waals surface area contributed by atoms with Gasteiger partial charge in [-0.2, -0.15) is 0 Å². The van der Waals surface area contributed by atoms with Gasteiger partial charge in [0.2, 0.25) is 17.7 Å². The Balaban J connectivity index is 2.40. The first-order valence-electron chi connectivity index (χ1n) is 5.30. The van der Waals surface area contributed by atoms with E-state index in [1.807, 2.05) is 0 Å². The molecule has 0 aromatic heterocycles. The number of nitrogens with two attached hydrogens (primary N) is 1. The van der Waals surface area contributed by atoms with Crippen molar-refractivity contribution in [3.8, 4) is 0 Å². The summed E-state index contributed by atoms with van der Waals surface area (Å²) in [6, 6.07) is 7.61. The quantitative estimate of drug-likeness (QED) is 0.764. The van der Waals surface area contributed by atoms with Crippen LogP contribution in [0, 0.1) is 0 Å². The second-order valence-corrected chi connectivity index (χ2v) is 3.87. The molecule has 1 saturated heterocycles. The number of hydrogen-bond acceptors (Lipinski definition) is 3. The molecule has 0 bridgehead atoms. The molecule has 0 aliphatic carbocycles. The molecule has 3 amide bonds. The van der Waals surface area contributed by atoms with Crippen LogP contribution >= 0.6 is 0 Å². The Hall–Kier alpha value is -2.17. The molecule has 1 aliphatic rings. The van der Waals surface area contributed by atoms with E-state index in [-0.39, 0.29) is 24.7 Å². The number of amides is 3. The van der Waals surface area contributed by atoms with Crippen LogP contribution in [0.15, 0.2) is 30.3 Å². The van der Waals surface area contributed by atoms with Crippen molar-refractivity contribution in [1.29, 1.82) is 0 Å². The topological polar surface area (TPSA) is 80.5 Å². The molecule has 0 radical (unpaired) electrons. The first-order chi connectivity index (χ1) is 8.11. The predicted octanol–water partition coefficient (Wildman–Crippen LogP) is 0.362. The second-order valence-electron chi connectivity index (χ2n) is 3.87. The van der Waals surface area contributed by atoms with Crippen molar-refractivity contribution in [2.75, 3.05) is 0 Å². The summed E-state index contributed by atoms with van der Waals surface area (Å²) in [5.41, 5.74) is 5.85. The van der Waals surface area contributed by atoms with Gasteiger partial charge in [-0.3, -0.25) is 19.3 Å². The van der Waals surface area contributed by atoms with E-state index < -0.39 is 11.9 Å². The lowest BCUT2D eigenvalue weighted by Gasteiger charge is -2.23. The summed E-state index contributed by atoms with van der Waals surface area (Å²) in [5.74, 6) is -1.38. The van der Waals surface area contributed by atoms with Crippen molar-refractivity contribution in [3.05, 3.63) is 35.9 Å². The monoisotopic (exact) mass is 232 g/mol. The molecule has 0 spiro atoms. The normalized spacial score (nSPS) is 17.3. The van der Waals surface area contributed by atoms with Crippen LogP contribution in [0.1, 0.15) is 24.4 Å². The van der Waals surface area contributed by atoms with Gasteiger partial charge >= 0.3 is 0 Å². The lowest BCUT2D eigenvalue weighted by molar-refractivity contribution is -0.146. The number of rotatable bonds is 3. The van der Waals surface area contributed by atoms with Crippen LogP contribution in [0.3, 0.4) is 0 Å². The Bertz CT molecular complexity index is 454. The molecular weight excluding hydrogens is 220 g/mol. The molecular formula is C12H12N2O3. The zero-order valence-electron chi connectivity index (χ0n) is 9.13. The fourth-order valence-electron chi connectivity index (χ4n) is 1.96. The number of benzene rings is 1. The first-order valence-corrected chi connectivity index (χ1v) is 5.30. The number of primary amides is 1. The first kappa shape index (κ1) is 11.3. The number of nitrogens with zero attached hydrogens (tertiary/aromatic N) is 1. The van der Waals surface area contributed by atoms with E-state index in [9.17, 15) is 14.4 Å². The molecule has 1 heterocycles. The van der Waals surface area contributed by atoms with Gasteiger partial charge < -0.3 is 5.73 Å². The zero-order valence-corrected chi connectivity index (χ0v) is 9.13. The number of hydrogen-bond donors (Lipinski definition) is 1. The molecule has 1 aromatic rings. The third kappa shape index (κ3) is 2.04. The maximum absolute atomic E-state index is 11.6. The predicted molar refractivity (Wildman–Crippen MR) is 59.5 cm³/mol. The Morgan fingerprint density at radius 1 is 1.12 bits per heavy atom. The van der Waals surface area contributed by atoms with Gasteiger partial charge in [-0.15, -0.1) is 0 Å².